The van der Waals surface area contributed by atoms with Gasteiger partial charge in [0.25, 0.3) is 0 Å². The molecule has 3 unspecified atom stereocenters. The average Bonchev–Trinajstić information content (AvgIpc) is 2.37. The molecule has 5 nitrogen and oxygen atoms in total. The maximum atomic E-state index is 12.2. The summed E-state index contributed by atoms with van der Waals surface area (Å²) < 4.78 is 0. The number of nitrogens with zero attached hydrogens (tertiary/aromatic N) is 1. The first-order chi connectivity index (χ1) is 9.34. The van der Waals surface area contributed by atoms with E-state index in [0.29, 0.717) is 25.3 Å². The summed E-state index contributed by atoms with van der Waals surface area (Å²) in [6, 6.07) is 0.251. The van der Waals surface area contributed by atoms with E-state index in [1.165, 1.54) is 0 Å². The van der Waals surface area contributed by atoms with Gasteiger partial charge in [0, 0.05) is 12.6 Å². The number of allylic oxidation sites excluding steroid dienone is 2. The molecule has 20 heavy (non-hydrogen) atoms. The van der Waals surface area contributed by atoms with Gasteiger partial charge in [-0.3, -0.25) is 9.59 Å². The van der Waals surface area contributed by atoms with E-state index < -0.39 is 17.8 Å². The van der Waals surface area contributed by atoms with E-state index >= 15 is 0 Å². The van der Waals surface area contributed by atoms with E-state index in [1.807, 2.05) is 26.2 Å². The van der Waals surface area contributed by atoms with E-state index in [-0.39, 0.29) is 11.9 Å². The Morgan fingerprint density at radius 2 is 1.80 bits per heavy atom. The third-order valence-corrected chi connectivity index (χ3v) is 4.00. The van der Waals surface area contributed by atoms with Crippen molar-refractivity contribution in [1.82, 2.24) is 10.2 Å². The molecule has 0 aromatic carbocycles. The zero-order valence-electron chi connectivity index (χ0n) is 12.8. The van der Waals surface area contributed by atoms with Gasteiger partial charge in [-0.2, -0.15) is 0 Å². The molecule has 0 heterocycles. The van der Waals surface area contributed by atoms with E-state index in [2.05, 4.69) is 24.1 Å². The second-order valence-electron chi connectivity index (χ2n) is 6.01. The minimum absolute atomic E-state index is 0.144. The summed E-state index contributed by atoms with van der Waals surface area (Å²) in [7, 11) is 3.97. The van der Waals surface area contributed by atoms with E-state index in [9.17, 15) is 14.7 Å². The molecule has 0 saturated heterocycles. The number of nitrogens with one attached hydrogen (secondary N) is 1. The standard InChI is InChI=1S/C15H26N2O3/c1-10(2)13(17(3)4)9-16-14(18)11-7-5-6-8-12(11)15(19)20/h5-6,10-13H,7-9H2,1-4H3,(H,16,18)(H,19,20). The Hall–Kier alpha value is -1.36. The first-order valence-electron chi connectivity index (χ1n) is 7.16. The van der Waals surface area contributed by atoms with Crippen LogP contribution in [0.3, 0.4) is 0 Å². The van der Waals surface area contributed by atoms with E-state index in [4.69, 9.17) is 0 Å². The van der Waals surface area contributed by atoms with Crippen molar-refractivity contribution in [2.45, 2.75) is 32.7 Å². The SMILES string of the molecule is CC(C)C(CNC(=O)C1CC=CCC1C(=O)O)N(C)C. The number of aliphatic carboxylic acids is 1. The lowest BCUT2D eigenvalue weighted by Crippen LogP contribution is -2.46. The van der Waals surface area contributed by atoms with Gasteiger partial charge in [0.05, 0.1) is 11.8 Å². The van der Waals surface area contributed by atoms with Crippen molar-refractivity contribution in [2.75, 3.05) is 20.6 Å². The van der Waals surface area contributed by atoms with Crippen LogP contribution in [0.15, 0.2) is 12.2 Å². The highest BCUT2D eigenvalue weighted by Crippen LogP contribution is 2.26. The predicted octanol–water partition coefficient (Wildman–Crippen LogP) is 1.36. The van der Waals surface area contributed by atoms with Gasteiger partial charge in [-0.05, 0) is 32.9 Å². The first kappa shape index (κ1) is 16.7. The quantitative estimate of drug-likeness (QED) is 0.722. The zero-order chi connectivity index (χ0) is 15.3. The van der Waals surface area contributed by atoms with Crippen molar-refractivity contribution in [1.29, 1.82) is 0 Å². The molecule has 114 valence electrons. The Kier molecular flexibility index (Phi) is 6.20. The number of carboxylic acids is 1. The maximum Gasteiger partial charge on any atom is 0.307 e. The molecule has 0 saturated carbocycles. The molecule has 1 amide bonds. The molecule has 0 bridgehead atoms. The van der Waals surface area contributed by atoms with Crippen LogP contribution in [0.2, 0.25) is 0 Å². The van der Waals surface area contributed by atoms with Gasteiger partial charge in [-0.1, -0.05) is 26.0 Å². The molecule has 0 aromatic rings. The predicted molar refractivity (Wildman–Crippen MR) is 78.3 cm³/mol. The third kappa shape index (κ3) is 4.34. The van der Waals surface area contributed by atoms with Crippen molar-refractivity contribution >= 4 is 11.9 Å². The van der Waals surface area contributed by atoms with Crippen LogP contribution in [0.1, 0.15) is 26.7 Å². The molecule has 5 heteroatoms. The molecule has 1 rings (SSSR count). The van der Waals surface area contributed by atoms with E-state index in [1.54, 1.807) is 0 Å². The number of carboxylic acid groups (broad SMARTS) is 1. The number of likely N-dealkylation sites (N-methyl/N-ethyl adjacent to an activating group) is 1. The fraction of sp³-hybridized carbons (Fsp3) is 0.733. The lowest BCUT2D eigenvalue weighted by Gasteiger charge is -2.30. The van der Waals surface area contributed by atoms with Gasteiger partial charge in [0.2, 0.25) is 5.91 Å². The van der Waals surface area contributed by atoms with Crippen LogP contribution in [0.25, 0.3) is 0 Å². The molecule has 0 aliphatic heterocycles. The monoisotopic (exact) mass is 282 g/mol. The van der Waals surface area contributed by atoms with Crippen LogP contribution in [0.5, 0.6) is 0 Å². The number of rotatable bonds is 6. The van der Waals surface area contributed by atoms with Crippen molar-refractivity contribution in [3.63, 3.8) is 0 Å². The number of carbonyl (C=O) groups excluding carboxylic acids is 1. The summed E-state index contributed by atoms with van der Waals surface area (Å²) in [5.74, 6) is -1.66. The Labute approximate surface area is 121 Å². The minimum atomic E-state index is -0.887. The molecule has 2 N–H and O–H groups in total. The van der Waals surface area contributed by atoms with Crippen molar-refractivity contribution in [3.8, 4) is 0 Å². The molecule has 1 aliphatic rings. The molecule has 0 aromatic heterocycles. The van der Waals surface area contributed by atoms with Crippen LogP contribution < -0.4 is 5.32 Å². The van der Waals surface area contributed by atoms with Crippen LogP contribution >= 0.6 is 0 Å². The summed E-state index contributed by atoms with van der Waals surface area (Å²) in [6.07, 6.45) is 4.70. The number of hydrogen-bond acceptors (Lipinski definition) is 3. The summed E-state index contributed by atoms with van der Waals surface area (Å²) in [4.78, 5) is 25.5. The molecular formula is C15H26N2O3. The van der Waals surface area contributed by atoms with E-state index in [0.717, 1.165) is 0 Å². The Bertz CT molecular complexity index is 369. The largest absolute Gasteiger partial charge is 0.481 e. The molecular weight excluding hydrogens is 256 g/mol. The van der Waals surface area contributed by atoms with Gasteiger partial charge in [-0.15, -0.1) is 0 Å². The number of amides is 1. The number of carbonyl (C=O) groups is 2. The van der Waals surface area contributed by atoms with Crippen LogP contribution in [0, 0.1) is 17.8 Å². The van der Waals surface area contributed by atoms with Gasteiger partial charge in [0.1, 0.15) is 0 Å². The van der Waals surface area contributed by atoms with Crippen LogP contribution in [0.4, 0.5) is 0 Å². The highest BCUT2D eigenvalue weighted by molar-refractivity contribution is 5.85. The van der Waals surface area contributed by atoms with Crippen molar-refractivity contribution in [3.05, 3.63) is 12.2 Å². The second-order valence-corrected chi connectivity index (χ2v) is 6.01. The third-order valence-electron chi connectivity index (χ3n) is 4.00. The first-order valence-corrected chi connectivity index (χ1v) is 7.16. The van der Waals surface area contributed by atoms with Crippen LogP contribution in [-0.2, 0) is 9.59 Å². The summed E-state index contributed by atoms with van der Waals surface area (Å²) >= 11 is 0. The lowest BCUT2D eigenvalue weighted by molar-refractivity contribution is -0.147. The molecule has 0 fully saturated rings. The molecule has 3 atom stereocenters. The summed E-state index contributed by atoms with van der Waals surface area (Å²) in [6.45, 7) is 4.77. The van der Waals surface area contributed by atoms with Crippen molar-refractivity contribution < 1.29 is 14.7 Å². The highest BCUT2D eigenvalue weighted by Gasteiger charge is 2.34. The maximum absolute atomic E-state index is 12.2. The Morgan fingerprint density at radius 3 is 2.25 bits per heavy atom. The smallest absolute Gasteiger partial charge is 0.307 e. The van der Waals surface area contributed by atoms with Gasteiger partial charge >= 0.3 is 5.97 Å². The van der Waals surface area contributed by atoms with Gasteiger partial charge < -0.3 is 15.3 Å². The lowest BCUT2D eigenvalue weighted by atomic mass is 9.82. The fourth-order valence-corrected chi connectivity index (χ4v) is 2.73. The molecule has 0 radical (unpaired) electrons. The van der Waals surface area contributed by atoms with Gasteiger partial charge in [-0.25, -0.2) is 0 Å². The topological polar surface area (TPSA) is 69.6 Å². The minimum Gasteiger partial charge on any atom is -0.481 e. The summed E-state index contributed by atoms with van der Waals surface area (Å²) in [5, 5.41) is 12.1. The van der Waals surface area contributed by atoms with Crippen LogP contribution in [-0.4, -0.2) is 48.6 Å². The molecule has 0 spiro atoms. The van der Waals surface area contributed by atoms with Gasteiger partial charge in [0.15, 0.2) is 0 Å². The normalized spacial score (nSPS) is 23.9. The number of hydrogen-bond donors (Lipinski definition) is 2. The molecule has 1 aliphatic carbocycles. The van der Waals surface area contributed by atoms with Crippen molar-refractivity contribution in [2.24, 2.45) is 17.8 Å². The average molecular weight is 282 g/mol. The fourth-order valence-electron chi connectivity index (χ4n) is 2.73. The Morgan fingerprint density at radius 1 is 1.25 bits per heavy atom. The highest BCUT2D eigenvalue weighted by atomic mass is 16.4. The second kappa shape index (κ2) is 7.43. The zero-order valence-corrected chi connectivity index (χ0v) is 12.8. The summed E-state index contributed by atoms with van der Waals surface area (Å²) in [5.41, 5.74) is 0. The Balaban J connectivity index is 2.61.